The minimum absolute atomic E-state index is 0.0288. The number of nitrogens with zero attached hydrogens (tertiary/aromatic N) is 1. The van der Waals surface area contributed by atoms with Gasteiger partial charge in [-0.05, 0) is 64.6 Å². The topological polar surface area (TPSA) is 35.5 Å². The quantitative estimate of drug-likeness (QED) is 0.789. The average Bonchev–Trinajstić information content (AvgIpc) is 2.41. The van der Waals surface area contributed by atoms with E-state index in [0.29, 0.717) is 6.04 Å². The number of piperidine rings is 1. The second-order valence-electron chi connectivity index (χ2n) is 6.14. The number of aliphatic hydroxyl groups excluding tert-OH is 1. The molecule has 0 amide bonds. The van der Waals surface area contributed by atoms with Gasteiger partial charge in [0.15, 0.2) is 0 Å². The van der Waals surface area contributed by atoms with E-state index in [1.807, 2.05) is 0 Å². The second kappa shape index (κ2) is 7.46. The van der Waals surface area contributed by atoms with Gasteiger partial charge in [-0.25, -0.2) is 0 Å². The summed E-state index contributed by atoms with van der Waals surface area (Å²) in [7, 11) is 0. The molecule has 1 saturated carbocycles. The Morgan fingerprint density at radius 3 is 2.22 bits per heavy atom. The predicted molar refractivity (Wildman–Crippen MR) is 75.8 cm³/mol. The van der Waals surface area contributed by atoms with E-state index >= 15 is 0 Å². The van der Waals surface area contributed by atoms with Gasteiger partial charge in [-0.1, -0.05) is 13.3 Å². The lowest BCUT2D eigenvalue weighted by Crippen LogP contribution is -2.47. The maximum absolute atomic E-state index is 9.52. The first-order valence-corrected chi connectivity index (χ1v) is 7.94. The van der Waals surface area contributed by atoms with E-state index < -0.39 is 0 Å². The van der Waals surface area contributed by atoms with Crippen LogP contribution in [0.1, 0.15) is 58.3 Å². The molecule has 18 heavy (non-hydrogen) atoms. The number of nitrogens with one attached hydrogen (secondary N) is 1. The molecule has 106 valence electrons. The van der Waals surface area contributed by atoms with E-state index in [-0.39, 0.29) is 6.10 Å². The molecular weight excluding hydrogens is 224 g/mol. The van der Waals surface area contributed by atoms with Gasteiger partial charge >= 0.3 is 0 Å². The normalized spacial score (nSPS) is 31.7. The molecule has 0 radical (unpaired) electrons. The van der Waals surface area contributed by atoms with Crippen molar-refractivity contribution in [2.24, 2.45) is 0 Å². The molecule has 0 aromatic heterocycles. The molecule has 1 aliphatic carbocycles. The monoisotopic (exact) mass is 254 g/mol. The lowest BCUT2D eigenvalue weighted by Gasteiger charge is -2.36. The van der Waals surface area contributed by atoms with E-state index in [1.54, 1.807) is 0 Å². The van der Waals surface area contributed by atoms with Crippen LogP contribution in [-0.2, 0) is 0 Å². The van der Waals surface area contributed by atoms with Crippen molar-refractivity contribution in [2.45, 2.75) is 76.5 Å². The van der Waals surface area contributed by atoms with Crippen LogP contribution in [0.3, 0.4) is 0 Å². The third kappa shape index (κ3) is 4.52. The van der Waals surface area contributed by atoms with E-state index in [9.17, 15) is 5.11 Å². The van der Waals surface area contributed by atoms with Gasteiger partial charge in [0, 0.05) is 12.1 Å². The van der Waals surface area contributed by atoms with E-state index in [1.165, 1.54) is 45.3 Å². The standard InChI is InChI=1S/C15H30N2O/c1-2-3-10-17-11-8-14(9-12-17)16-13-4-6-15(18)7-5-13/h13-16,18H,2-12H2,1H3. The van der Waals surface area contributed by atoms with Crippen molar-refractivity contribution in [3.8, 4) is 0 Å². The molecule has 1 heterocycles. The highest BCUT2D eigenvalue weighted by molar-refractivity contribution is 4.83. The Balaban J connectivity index is 1.61. The van der Waals surface area contributed by atoms with E-state index in [4.69, 9.17) is 0 Å². The van der Waals surface area contributed by atoms with Crippen LogP contribution in [0.2, 0.25) is 0 Å². The predicted octanol–water partition coefficient (Wildman–Crippen LogP) is 2.14. The first kappa shape index (κ1) is 14.3. The lowest BCUT2D eigenvalue weighted by molar-refractivity contribution is 0.108. The van der Waals surface area contributed by atoms with Gasteiger partial charge in [0.25, 0.3) is 0 Å². The largest absolute Gasteiger partial charge is 0.393 e. The zero-order valence-electron chi connectivity index (χ0n) is 11.9. The van der Waals surface area contributed by atoms with Gasteiger partial charge in [0.1, 0.15) is 0 Å². The SMILES string of the molecule is CCCCN1CCC(NC2CCC(O)CC2)CC1. The van der Waals surface area contributed by atoms with Gasteiger partial charge in [-0.2, -0.15) is 0 Å². The minimum Gasteiger partial charge on any atom is -0.393 e. The summed E-state index contributed by atoms with van der Waals surface area (Å²) in [5.74, 6) is 0. The van der Waals surface area contributed by atoms with Crippen molar-refractivity contribution in [1.29, 1.82) is 0 Å². The fourth-order valence-electron chi connectivity index (χ4n) is 3.28. The first-order chi connectivity index (χ1) is 8.78. The van der Waals surface area contributed by atoms with Crippen molar-refractivity contribution < 1.29 is 5.11 Å². The first-order valence-electron chi connectivity index (χ1n) is 7.94. The highest BCUT2D eigenvalue weighted by atomic mass is 16.3. The third-order valence-corrected chi connectivity index (χ3v) is 4.58. The molecule has 2 fully saturated rings. The molecular formula is C15H30N2O. The highest BCUT2D eigenvalue weighted by Crippen LogP contribution is 2.20. The van der Waals surface area contributed by atoms with Crippen molar-refractivity contribution in [3.05, 3.63) is 0 Å². The third-order valence-electron chi connectivity index (χ3n) is 4.58. The smallest absolute Gasteiger partial charge is 0.0541 e. The van der Waals surface area contributed by atoms with Crippen LogP contribution in [-0.4, -0.2) is 47.8 Å². The molecule has 1 aliphatic heterocycles. The lowest BCUT2D eigenvalue weighted by atomic mass is 9.91. The van der Waals surface area contributed by atoms with Crippen molar-refractivity contribution in [3.63, 3.8) is 0 Å². The van der Waals surface area contributed by atoms with E-state index in [0.717, 1.165) is 31.7 Å². The molecule has 0 unspecified atom stereocenters. The van der Waals surface area contributed by atoms with Gasteiger partial charge < -0.3 is 15.3 Å². The number of aliphatic hydroxyl groups is 1. The number of unbranched alkanes of at least 4 members (excludes halogenated alkanes) is 1. The Hall–Kier alpha value is -0.120. The molecule has 2 rings (SSSR count). The van der Waals surface area contributed by atoms with Crippen LogP contribution in [0.15, 0.2) is 0 Å². The van der Waals surface area contributed by atoms with Gasteiger partial charge in [0.2, 0.25) is 0 Å². The van der Waals surface area contributed by atoms with Gasteiger partial charge in [-0.15, -0.1) is 0 Å². The Morgan fingerprint density at radius 2 is 1.61 bits per heavy atom. The van der Waals surface area contributed by atoms with Crippen molar-refractivity contribution in [2.75, 3.05) is 19.6 Å². The van der Waals surface area contributed by atoms with Crippen LogP contribution >= 0.6 is 0 Å². The maximum atomic E-state index is 9.52. The molecule has 0 bridgehead atoms. The van der Waals surface area contributed by atoms with Gasteiger partial charge in [0.05, 0.1) is 6.10 Å². The summed E-state index contributed by atoms with van der Waals surface area (Å²) in [6, 6.07) is 1.39. The van der Waals surface area contributed by atoms with Crippen molar-refractivity contribution >= 4 is 0 Å². The zero-order valence-corrected chi connectivity index (χ0v) is 11.9. The summed E-state index contributed by atoms with van der Waals surface area (Å²) in [6.07, 6.45) is 9.56. The summed E-state index contributed by atoms with van der Waals surface area (Å²) >= 11 is 0. The number of hydrogen-bond acceptors (Lipinski definition) is 3. The molecule has 2 N–H and O–H groups in total. The van der Waals surface area contributed by atoms with Crippen molar-refractivity contribution in [1.82, 2.24) is 10.2 Å². The molecule has 0 aromatic carbocycles. The highest BCUT2D eigenvalue weighted by Gasteiger charge is 2.24. The zero-order chi connectivity index (χ0) is 12.8. The Kier molecular flexibility index (Phi) is 5.93. The number of rotatable bonds is 5. The number of likely N-dealkylation sites (tertiary alicyclic amines) is 1. The summed E-state index contributed by atoms with van der Waals surface area (Å²) < 4.78 is 0. The molecule has 3 heteroatoms. The number of hydrogen-bond donors (Lipinski definition) is 2. The average molecular weight is 254 g/mol. The molecule has 1 saturated heterocycles. The van der Waals surface area contributed by atoms with Crippen LogP contribution in [0.4, 0.5) is 0 Å². The molecule has 0 aromatic rings. The van der Waals surface area contributed by atoms with Gasteiger partial charge in [-0.3, -0.25) is 0 Å². The Labute approximate surface area is 112 Å². The van der Waals surface area contributed by atoms with Crippen LogP contribution < -0.4 is 5.32 Å². The molecule has 0 atom stereocenters. The van der Waals surface area contributed by atoms with Crippen LogP contribution in [0.25, 0.3) is 0 Å². The van der Waals surface area contributed by atoms with Crippen LogP contribution in [0, 0.1) is 0 Å². The summed E-state index contributed by atoms with van der Waals surface area (Å²) in [4.78, 5) is 2.62. The molecule has 2 aliphatic rings. The summed E-state index contributed by atoms with van der Waals surface area (Å²) in [5.41, 5.74) is 0. The summed E-state index contributed by atoms with van der Waals surface area (Å²) in [5, 5.41) is 13.3. The second-order valence-corrected chi connectivity index (χ2v) is 6.14. The fraction of sp³-hybridized carbons (Fsp3) is 1.00. The molecule has 0 spiro atoms. The Bertz CT molecular complexity index is 219. The van der Waals surface area contributed by atoms with E-state index in [2.05, 4.69) is 17.1 Å². The summed E-state index contributed by atoms with van der Waals surface area (Å²) in [6.45, 7) is 6.10. The maximum Gasteiger partial charge on any atom is 0.0541 e. The Morgan fingerprint density at radius 1 is 1.00 bits per heavy atom. The fourth-order valence-corrected chi connectivity index (χ4v) is 3.28. The van der Waals surface area contributed by atoms with Crippen LogP contribution in [0.5, 0.6) is 0 Å². The molecule has 3 nitrogen and oxygen atoms in total. The minimum atomic E-state index is -0.0288.